The topological polar surface area (TPSA) is 129 Å². The number of hydrogen-bond donors (Lipinski definition) is 5. The second-order valence-corrected chi connectivity index (χ2v) is 4.68. The van der Waals surface area contributed by atoms with Gasteiger partial charge in [0.15, 0.2) is 0 Å². The maximum Gasteiger partial charge on any atom is 0.229 e. The summed E-state index contributed by atoms with van der Waals surface area (Å²) in [6, 6.07) is 4.07. The lowest BCUT2D eigenvalue weighted by molar-refractivity contribution is -0.277. The van der Waals surface area contributed by atoms with E-state index in [1.54, 1.807) is 0 Å². The van der Waals surface area contributed by atoms with Gasteiger partial charge < -0.3 is 39.7 Å². The van der Waals surface area contributed by atoms with E-state index in [0.29, 0.717) is 5.75 Å². The Kier molecular flexibility index (Phi) is 4.86. The number of ether oxygens (including phenoxy) is 3. The molecule has 2 rings (SSSR count). The third-order valence-electron chi connectivity index (χ3n) is 3.20. The van der Waals surface area contributed by atoms with Gasteiger partial charge in [-0.05, 0) is 0 Å². The first-order valence-corrected chi connectivity index (χ1v) is 6.31. The fourth-order valence-electron chi connectivity index (χ4n) is 2.04. The van der Waals surface area contributed by atoms with Gasteiger partial charge in [0.2, 0.25) is 6.29 Å². The molecule has 0 saturated carbocycles. The number of phenolic OH excluding ortho intramolecular Hbond substituents is 1. The molecular formula is C13H18O8. The van der Waals surface area contributed by atoms with E-state index in [1.165, 1.54) is 25.3 Å². The van der Waals surface area contributed by atoms with Crippen LogP contribution in [-0.2, 0) is 4.74 Å². The lowest BCUT2D eigenvalue weighted by Gasteiger charge is -2.39. The zero-order valence-corrected chi connectivity index (χ0v) is 11.3. The van der Waals surface area contributed by atoms with Gasteiger partial charge in [-0.3, -0.25) is 0 Å². The highest BCUT2D eigenvalue weighted by atomic mass is 16.7. The lowest BCUT2D eigenvalue weighted by Crippen LogP contribution is -2.60. The third kappa shape index (κ3) is 3.36. The molecule has 0 aliphatic carbocycles. The molecule has 1 saturated heterocycles. The Hall–Kier alpha value is -1.58. The maximum absolute atomic E-state index is 9.84. The first kappa shape index (κ1) is 15.8. The van der Waals surface area contributed by atoms with Crippen molar-refractivity contribution < 1.29 is 39.7 Å². The quantitative estimate of drug-likeness (QED) is 0.458. The highest BCUT2D eigenvalue weighted by molar-refractivity contribution is 5.41. The fourth-order valence-corrected chi connectivity index (χ4v) is 2.04. The normalized spacial score (nSPS) is 32.7. The van der Waals surface area contributed by atoms with Crippen molar-refractivity contribution in [2.45, 2.75) is 30.7 Å². The Labute approximate surface area is 120 Å². The van der Waals surface area contributed by atoms with Crippen LogP contribution in [0, 0.1) is 0 Å². The van der Waals surface area contributed by atoms with E-state index in [1.807, 2.05) is 0 Å². The lowest BCUT2D eigenvalue weighted by atomic mass is 9.99. The van der Waals surface area contributed by atoms with Gasteiger partial charge in [-0.1, -0.05) is 0 Å². The van der Waals surface area contributed by atoms with Crippen LogP contribution in [0.1, 0.15) is 0 Å². The Morgan fingerprint density at radius 2 is 1.71 bits per heavy atom. The predicted octanol–water partition coefficient (Wildman–Crippen LogP) is -1.42. The Bertz CT molecular complexity index is 477. The highest BCUT2D eigenvalue weighted by Crippen LogP contribution is 2.30. The van der Waals surface area contributed by atoms with Crippen molar-refractivity contribution >= 4 is 0 Å². The van der Waals surface area contributed by atoms with Crippen molar-refractivity contribution in [2.24, 2.45) is 0 Å². The van der Waals surface area contributed by atoms with Crippen molar-refractivity contribution in [3.63, 3.8) is 0 Å². The molecule has 1 aliphatic heterocycles. The second kappa shape index (κ2) is 6.46. The summed E-state index contributed by atoms with van der Waals surface area (Å²) in [6.45, 7) is -0.547. The van der Waals surface area contributed by atoms with Crippen LogP contribution in [-0.4, -0.2) is 70.0 Å². The molecule has 5 atom stereocenters. The average molecular weight is 302 g/mol. The van der Waals surface area contributed by atoms with Crippen molar-refractivity contribution in [1.29, 1.82) is 0 Å². The highest BCUT2D eigenvalue weighted by Gasteiger charge is 2.44. The van der Waals surface area contributed by atoms with Crippen LogP contribution >= 0.6 is 0 Å². The molecule has 8 heteroatoms. The fraction of sp³-hybridized carbons (Fsp3) is 0.538. The minimum Gasteiger partial charge on any atom is -0.508 e. The van der Waals surface area contributed by atoms with Crippen LogP contribution in [0.25, 0.3) is 0 Å². The summed E-state index contributed by atoms with van der Waals surface area (Å²) in [4.78, 5) is 0. The molecule has 0 unspecified atom stereocenters. The Morgan fingerprint density at radius 3 is 2.33 bits per heavy atom. The van der Waals surface area contributed by atoms with E-state index >= 15 is 0 Å². The van der Waals surface area contributed by atoms with Crippen LogP contribution in [0.4, 0.5) is 0 Å². The second-order valence-electron chi connectivity index (χ2n) is 4.68. The molecule has 1 aromatic carbocycles. The molecule has 118 valence electrons. The smallest absolute Gasteiger partial charge is 0.229 e. The summed E-state index contributed by atoms with van der Waals surface area (Å²) in [7, 11) is 1.41. The number of methoxy groups -OCH3 is 1. The van der Waals surface area contributed by atoms with Crippen molar-refractivity contribution in [1.82, 2.24) is 0 Å². The summed E-state index contributed by atoms with van der Waals surface area (Å²) in [5, 5.41) is 47.8. The minimum atomic E-state index is -1.53. The van der Waals surface area contributed by atoms with E-state index in [-0.39, 0.29) is 11.5 Å². The molecule has 0 spiro atoms. The van der Waals surface area contributed by atoms with Gasteiger partial charge in [-0.15, -0.1) is 0 Å². The molecule has 0 aromatic heterocycles. The summed E-state index contributed by atoms with van der Waals surface area (Å²) in [5.41, 5.74) is 0. The summed E-state index contributed by atoms with van der Waals surface area (Å²) in [6.07, 6.45) is -6.88. The number of aromatic hydroxyl groups is 1. The summed E-state index contributed by atoms with van der Waals surface area (Å²) in [5.74, 6) is 0.347. The molecule has 0 bridgehead atoms. The molecule has 0 radical (unpaired) electrons. The van der Waals surface area contributed by atoms with E-state index in [2.05, 4.69) is 0 Å². The number of phenols is 1. The molecule has 1 aromatic rings. The number of rotatable bonds is 4. The molecule has 21 heavy (non-hydrogen) atoms. The van der Waals surface area contributed by atoms with E-state index in [4.69, 9.17) is 19.3 Å². The number of aliphatic hydroxyl groups is 4. The van der Waals surface area contributed by atoms with Gasteiger partial charge >= 0.3 is 0 Å². The SMILES string of the molecule is COc1cc(O)cc(O[C@@H]2O[C@@H](CO)[C@@H](O)[C@@H](O)[C@@H]2O)c1. The molecule has 5 N–H and O–H groups in total. The Balaban J connectivity index is 2.16. The summed E-state index contributed by atoms with van der Waals surface area (Å²) >= 11 is 0. The first-order chi connectivity index (χ1) is 9.96. The molecule has 8 nitrogen and oxygen atoms in total. The van der Waals surface area contributed by atoms with Crippen LogP contribution in [0.3, 0.4) is 0 Å². The summed E-state index contributed by atoms with van der Waals surface area (Å²) < 4.78 is 15.5. The van der Waals surface area contributed by atoms with Crippen molar-refractivity contribution in [3.05, 3.63) is 18.2 Å². The molecule has 1 aliphatic rings. The zero-order chi connectivity index (χ0) is 15.6. The third-order valence-corrected chi connectivity index (χ3v) is 3.20. The van der Waals surface area contributed by atoms with Crippen molar-refractivity contribution in [2.75, 3.05) is 13.7 Å². The van der Waals surface area contributed by atoms with Gasteiger partial charge in [0.25, 0.3) is 0 Å². The van der Waals surface area contributed by atoms with Crippen LogP contribution in [0.15, 0.2) is 18.2 Å². The van der Waals surface area contributed by atoms with E-state index in [0.717, 1.165) is 0 Å². The van der Waals surface area contributed by atoms with E-state index in [9.17, 15) is 20.4 Å². The maximum atomic E-state index is 9.84. The van der Waals surface area contributed by atoms with Crippen LogP contribution in [0.5, 0.6) is 17.2 Å². The molecular weight excluding hydrogens is 284 g/mol. The van der Waals surface area contributed by atoms with Crippen molar-refractivity contribution in [3.8, 4) is 17.2 Å². The zero-order valence-electron chi connectivity index (χ0n) is 11.3. The first-order valence-electron chi connectivity index (χ1n) is 6.31. The Morgan fingerprint density at radius 1 is 1.05 bits per heavy atom. The van der Waals surface area contributed by atoms with Gasteiger partial charge in [-0.2, -0.15) is 0 Å². The molecule has 1 fully saturated rings. The number of hydrogen-bond acceptors (Lipinski definition) is 8. The predicted molar refractivity (Wildman–Crippen MR) is 69.1 cm³/mol. The average Bonchev–Trinajstić information content (AvgIpc) is 2.47. The van der Waals surface area contributed by atoms with Gasteiger partial charge in [0.1, 0.15) is 41.7 Å². The number of aliphatic hydroxyl groups excluding tert-OH is 4. The minimum absolute atomic E-state index is 0.117. The largest absolute Gasteiger partial charge is 0.508 e. The molecule has 0 amide bonds. The van der Waals surface area contributed by atoms with Gasteiger partial charge in [0.05, 0.1) is 13.7 Å². The number of benzene rings is 1. The standard InChI is InChI=1S/C13H18O8/c1-19-7-2-6(15)3-8(4-7)20-13-12(18)11(17)10(16)9(5-14)21-13/h2-4,9-18H,5H2,1H3/t9-,10+,11+,12-,13+/m0/s1. The monoisotopic (exact) mass is 302 g/mol. The molecule has 1 heterocycles. The van der Waals surface area contributed by atoms with E-state index < -0.39 is 37.3 Å². The van der Waals surface area contributed by atoms with Crippen LogP contribution in [0.2, 0.25) is 0 Å². The van der Waals surface area contributed by atoms with Gasteiger partial charge in [-0.25, -0.2) is 0 Å². The van der Waals surface area contributed by atoms with Gasteiger partial charge in [0, 0.05) is 18.2 Å². The van der Waals surface area contributed by atoms with Crippen LogP contribution < -0.4 is 9.47 Å².